The van der Waals surface area contributed by atoms with E-state index in [9.17, 15) is 0 Å². The molecule has 0 fully saturated rings. The molecule has 0 bridgehead atoms. The van der Waals surface area contributed by atoms with E-state index in [0.717, 1.165) is 37.1 Å². The van der Waals surface area contributed by atoms with Crippen LogP contribution in [-0.4, -0.2) is 35.7 Å². The summed E-state index contributed by atoms with van der Waals surface area (Å²) in [6, 6.07) is 12.2. The fourth-order valence-electron chi connectivity index (χ4n) is 3.06. The molecule has 23 heavy (non-hydrogen) atoms. The van der Waals surface area contributed by atoms with Crippen molar-refractivity contribution in [3.05, 3.63) is 64.5 Å². The van der Waals surface area contributed by atoms with Gasteiger partial charge in [0.05, 0.1) is 17.3 Å². The van der Waals surface area contributed by atoms with Gasteiger partial charge in [0.15, 0.2) is 0 Å². The van der Waals surface area contributed by atoms with Crippen LogP contribution in [0.2, 0.25) is 0 Å². The average molecular weight is 304 g/mol. The molecule has 0 saturated heterocycles. The molecule has 116 valence electrons. The molecule has 0 radical (unpaired) electrons. The van der Waals surface area contributed by atoms with Crippen molar-refractivity contribution in [3.63, 3.8) is 0 Å². The van der Waals surface area contributed by atoms with E-state index in [1.807, 2.05) is 24.3 Å². The number of hydrogen-bond acceptors (Lipinski definition) is 4. The number of hydrogen-bond donors (Lipinski definition) is 0. The lowest BCUT2D eigenvalue weighted by Crippen LogP contribution is -2.14. The third-order valence-corrected chi connectivity index (χ3v) is 4.24. The largest absolute Gasteiger partial charge is 0.309 e. The van der Waals surface area contributed by atoms with Crippen LogP contribution in [0.5, 0.6) is 0 Å². The first kappa shape index (κ1) is 15.4. The number of allylic oxidation sites excluding steroid dienone is 1. The molecule has 0 atom stereocenters. The maximum absolute atomic E-state index is 9.12. The minimum absolute atomic E-state index is 0.733. The molecule has 1 aromatic heterocycles. The van der Waals surface area contributed by atoms with E-state index in [0.29, 0.717) is 0 Å². The molecular weight excluding hydrogens is 284 g/mol. The number of nitriles is 1. The Kier molecular flexibility index (Phi) is 4.50. The van der Waals surface area contributed by atoms with Crippen LogP contribution in [-0.2, 0) is 12.8 Å². The van der Waals surface area contributed by atoms with E-state index < -0.39 is 0 Å². The fourth-order valence-corrected chi connectivity index (χ4v) is 3.06. The molecule has 1 aliphatic carbocycles. The number of benzene rings is 1. The van der Waals surface area contributed by atoms with Crippen molar-refractivity contribution < 1.29 is 0 Å². The Labute approximate surface area is 137 Å². The maximum atomic E-state index is 9.12. The van der Waals surface area contributed by atoms with Gasteiger partial charge in [-0.05, 0) is 67.9 Å². The summed E-state index contributed by atoms with van der Waals surface area (Å²) >= 11 is 0. The van der Waals surface area contributed by atoms with Gasteiger partial charge in [-0.2, -0.15) is 15.5 Å². The van der Waals surface area contributed by atoms with Gasteiger partial charge < -0.3 is 4.90 Å². The smallest absolute Gasteiger partial charge is 0.0991 e. The maximum Gasteiger partial charge on any atom is 0.0991 e. The SMILES string of the molecule is CN(C)CCC1=C(Cc2cccnn2)c2ccc(C#N)cc2C1. The van der Waals surface area contributed by atoms with E-state index in [1.54, 1.807) is 6.20 Å². The lowest BCUT2D eigenvalue weighted by atomic mass is 9.98. The second kappa shape index (κ2) is 6.72. The van der Waals surface area contributed by atoms with Gasteiger partial charge in [0.2, 0.25) is 0 Å². The fraction of sp³-hybridized carbons (Fsp3) is 0.316. The predicted molar refractivity (Wildman–Crippen MR) is 90.7 cm³/mol. The minimum Gasteiger partial charge on any atom is -0.309 e. The van der Waals surface area contributed by atoms with Crippen LogP contribution in [0.25, 0.3) is 5.57 Å². The summed E-state index contributed by atoms with van der Waals surface area (Å²) in [5.74, 6) is 0. The Morgan fingerprint density at radius 1 is 1.26 bits per heavy atom. The van der Waals surface area contributed by atoms with Crippen molar-refractivity contribution in [1.82, 2.24) is 15.1 Å². The van der Waals surface area contributed by atoms with E-state index in [-0.39, 0.29) is 0 Å². The first-order valence-corrected chi connectivity index (χ1v) is 7.83. The van der Waals surface area contributed by atoms with Gasteiger partial charge in [-0.15, -0.1) is 0 Å². The van der Waals surface area contributed by atoms with Crippen molar-refractivity contribution in [3.8, 4) is 6.07 Å². The number of rotatable bonds is 5. The highest BCUT2D eigenvalue weighted by Gasteiger charge is 2.22. The highest BCUT2D eigenvalue weighted by atomic mass is 15.1. The van der Waals surface area contributed by atoms with Crippen LogP contribution in [0.1, 0.15) is 28.8 Å². The predicted octanol–water partition coefficient (Wildman–Crippen LogP) is 2.85. The van der Waals surface area contributed by atoms with Gasteiger partial charge >= 0.3 is 0 Å². The Hall–Kier alpha value is -2.51. The molecule has 1 heterocycles. The van der Waals surface area contributed by atoms with Crippen LogP contribution in [0.3, 0.4) is 0 Å². The Balaban J connectivity index is 1.94. The van der Waals surface area contributed by atoms with Gasteiger partial charge in [-0.1, -0.05) is 11.6 Å². The number of fused-ring (bicyclic) bond motifs is 1. The molecule has 1 aliphatic rings. The molecule has 1 aromatic carbocycles. The zero-order valence-electron chi connectivity index (χ0n) is 13.6. The van der Waals surface area contributed by atoms with Crippen molar-refractivity contribution in [1.29, 1.82) is 5.26 Å². The molecule has 0 spiro atoms. The van der Waals surface area contributed by atoms with Gasteiger partial charge in [0.25, 0.3) is 0 Å². The number of aromatic nitrogens is 2. The molecule has 0 saturated carbocycles. The van der Waals surface area contributed by atoms with Crippen LogP contribution >= 0.6 is 0 Å². The normalized spacial score (nSPS) is 13.3. The van der Waals surface area contributed by atoms with Gasteiger partial charge in [0, 0.05) is 19.2 Å². The molecule has 0 amide bonds. The average Bonchev–Trinajstić information content (AvgIpc) is 2.90. The number of nitrogens with zero attached hydrogens (tertiary/aromatic N) is 4. The first-order valence-electron chi connectivity index (χ1n) is 7.83. The quantitative estimate of drug-likeness (QED) is 0.852. The highest BCUT2D eigenvalue weighted by Crippen LogP contribution is 2.36. The Morgan fingerprint density at radius 2 is 2.13 bits per heavy atom. The van der Waals surface area contributed by atoms with E-state index in [4.69, 9.17) is 5.26 Å². The lowest BCUT2D eigenvalue weighted by Gasteiger charge is -2.12. The first-order chi connectivity index (χ1) is 11.2. The summed E-state index contributed by atoms with van der Waals surface area (Å²) in [5.41, 5.74) is 7.06. The lowest BCUT2D eigenvalue weighted by molar-refractivity contribution is 0.412. The van der Waals surface area contributed by atoms with Crippen LogP contribution in [0, 0.1) is 11.3 Å². The summed E-state index contributed by atoms with van der Waals surface area (Å²) in [7, 11) is 4.19. The molecule has 4 nitrogen and oxygen atoms in total. The van der Waals surface area contributed by atoms with Crippen LogP contribution in [0.4, 0.5) is 0 Å². The molecule has 0 N–H and O–H groups in total. The second-order valence-corrected chi connectivity index (χ2v) is 6.19. The Bertz CT molecular complexity index is 770. The Morgan fingerprint density at radius 3 is 2.83 bits per heavy atom. The highest BCUT2D eigenvalue weighted by molar-refractivity contribution is 5.78. The molecule has 2 aromatic rings. The van der Waals surface area contributed by atoms with Gasteiger partial charge in [-0.3, -0.25) is 0 Å². The monoisotopic (exact) mass is 304 g/mol. The van der Waals surface area contributed by atoms with Crippen LogP contribution in [0.15, 0.2) is 42.1 Å². The van der Waals surface area contributed by atoms with Crippen molar-refractivity contribution in [2.75, 3.05) is 20.6 Å². The van der Waals surface area contributed by atoms with E-state index in [1.165, 1.54) is 22.3 Å². The van der Waals surface area contributed by atoms with Crippen molar-refractivity contribution in [2.45, 2.75) is 19.3 Å². The molecule has 0 aliphatic heterocycles. The third kappa shape index (κ3) is 3.46. The third-order valence-electron chi connectivity index (χ3n) is 4.24. The summed E-state index contributed by atoms with van der Waals surface area (Å²) in [5, 5.41) is 17.3. The van der Waals surface area contributed by atoms with Crippen molar-refractivity contribution in [2.24, 2.45) is 0 Å². The molecule has 3 rings (SSSR count). The van der Waals surface area contributed by atoms with Gasteiger partial charge in [-0.25, -0.2) is 0 Å². The molecule has 0 unspecified atom stereocenters. The summed E-state index contributed by atoms with van der Waals surface area (Å²) < 4.78 is 0. The van der Waals surface area contributed by atoms with E-state index in [2.05, 4.69) is 41.3 Å². The summed E-state index contributed by atoms with van der Waals surface area (Å²) in [6.45, 7) is 1.03. The van der Waals surface area contributed by atoms with Gasteiger partial charge in [0.1, 0.15) is 0 Å². The zero-order chi connectivity index (χ0) is 16.2. The summed E-state index contributed by atoms with van der Waals surface area (Å²) in [6.07, 6.45) is 4.48. The van der Waals surface area contributed by atoms with E-state index >= 15 is 0 Å². The summed E-state index contributed by atoms with van der Waals surface area (Å²) in [4.78, 5) is 2.20. The topological polar surface area (TPSA) is 52.8 Å². The minimum atomic E-state index is 0.733. The van der Waals surface area contributed by atoms with Crippen molar-refractivity contribution >= 4 is 5.57 Å². The zero-order valence-corrected chi connectivity index (χ0v) is 13.6. The molecular formula is C19H20N4. The molecule has 4 heteroatoms. The van der Waals surface area contributed by atoms with Crippen LogP contribution < -0.4 is 0 Å². The second-order valence-electron chi connectivity index (χ2n) is 6.19. The standard InChI is InChI=1S/C19H20N4/c1-23(2)9-7-15-11-16-10-14(13-20)5-6-18(16)19(15)12-17-4-3-8-21-22-17/h3-6,8,10H,7,9,11-12H2,1-2H3.